The Kier molecular flexibility index (Phi) is 5.35. The lowest BCUT2D eigenvalue weighted by Gasteiger charge is -2.04. The van der Waals surface area contributed by atoms with Gasteiger partial charge in [0.2, 0.25) is 11.8 Å². The normalized spacial score (nSPS) is 10.7. The summed E-state index contributed by atoms with van der Waals surface area (Å²) in [5.74, 6) is 0.329. The first-order valence-corrected chi connectivity index (χ1v) is 8.83. The Morgan fingerprint density at radius 2 is 2.00 bits per heavy atom. The number of hydrogen-bond donors (Lipinski definition) is 1. The van der Waals surface area contributed by atoms with Gasteiger partial charge in [-0.25, -0.2) is 4.98 Å². The van der Waals surface area contributed by atoms with Crippen molar-refractivity contribution in [1.29, 1.82) is 0 Å². The molecule has 0 atom stereocenters. The molecule has 0 aliphatic heterocycles. The van der Waals surface area contributed by atoms with Gasteiger partial charge in [0.15, 0.2) is 5.15 Å². The number of nitrogens with one attached hydrogen (secondary N) is 1. The van der Waals surface area contributed by atoms with Gasteiger partial charge in [-0.3, -0.25) is 4.79 Å². The van der Waals surface area contributed by atoms with Gasteiger partial charge in [-0.05, 0) is 38.1 Å². The predicted octanol–water partition coefficient (Wildman–Crippen LogP) is 4.13. The third-order valence-corrected chi connectivity index (χ3v) is 4.35. The van der Waals surface area contributed by atoms with Crippen LogP contribution in [0.15, 0.2) is 46.2 Å². The maximum Gasteiger partial charge on any atom is 0.277 e. The van der Waals surface area contributed by atoms with E-state index in [4.69, 9.17) is 16.0 Å². The van der Waals surface area contributed by atoms with Gasteiger partial charge < -0.3 is 9.73 Å². The molecule has 8 heteroatoms. The average molecular weight is 375 g/mol. The molecule has 6 nitrogen and oxygen atoms in total. The summed E-state index contributed by atoms with van der Waals surface area (Å²) in [4.78, 5) is 15.9. The smallest absolute Gasteiger partial charge is 0.277 e. The second-order valence-electron chi connectivity index (χ2n) is 5.43. The van der Waals surface area contributed by atoms with Gasteiger partial charge in [0.05, 0.1) is 11.4 Å². The summed E-state index contributed by atoms with van der Waals surface area (Å²) < 4.78 is 5.63. The molecule has 2 heterocycles. The minimum atomic E-state index is -0.231. The van der Waals surface area contributed by atoms with Crippen molar-refractivity contribution in [1.82, 2.24) is 15.2 Å². The van der Waals surface area contributed by atoms with Crippen molar-refractivity contribution in [3.05, 3.63) is 52.8 Å². The summed E-state index contributed by atoms with van der Waals surface area (Å²) >= 11 is 7.07. The minimum absolute atomic E-state index is 0.125. The van der Waals surface area contributed by atoms with Crippen LogP contribution in [-0.4, -0.2) is 26.8 Å². The number of hydrogen-bond acceptors (Lipinski definition) is 6. The zero-order valence-electron chi connectivity index (χ0n) is 13.6. The summed E-state index contributed by atoms with van der Waals surface area (Å²) in [5.41, 5.74) is 3.57. The molecule has 0 aliphatic rings. The molecule has 2 aromatic heterocycles. The fourth-order valence-corrected chi connectivity index (χ4v) is 3.01. The first kappa shape index (κ1) is 17.4. The lowest BCUT2D eigenvalue weighted by molar-refractivity contribution is -0.113. The van der Waals surface area contributed by atoms with E-state index in [1.165, 1.54) is 0 Å². The zero-order valence-corrected chi connectivity index (χ0v) is 15.2. The molecule has 1 N–H and O–H groups in total. The largest absolute Gasteiger partial charge is 0.411 e. The van der Waals surface area contributed by atoms with Crippen molar-refractivity contribution in [3.8, 4) is 11.5 Å². The third-order valence-electron chi connectivity index (χ3n) is 3.24. The molecule has 0 spiro atoms. The van der Waals surface area contributed by atoms with E-state index in [1.807, 2.05) is 26.0 Å². The Balaban J connectivity index is 1.62. The quantitative estimate of drug-likeness (QED) is 0.534. The number of benzene rings is 1. The fraction of sp³-hybridized carbons (Fsp3) is 0.176. The standard InChI is InChI=1S/C17H15ClN4O2S/c1-10-6-11(2)8-12(7-10)16-21-22-17(24-16)25-9-14(23)20-13-4-3-5-19-15(13)18/h3-8H,9H2,1-2H3,(H,20,23). The molecule has 0 radical (unpaired) electrons. The van der Waals surface area contributed by atoms with E-state index in [1.54, 1.807) is 18.3 Å². The number of aromatic nitrogens is 3. The van der Waals surface area contributed by atoms with E-state index < -0.39 is 0 Å². The second kappa shape index (κ2) is 7.67. The van der Waals surface area contributed by atoms with Gasteiger partial charge in [0.25, 0.3) is 5.22 Å². The molecule has 3 rings (SSSR count). The van der Waals surface area contributed by atoms with Crippen LogP contribution in [0.1, 0.15) is 11.1 Å². The molecule has 0 saturated heterocycles. The highest BCUT2D eigenvalue weighted by Gasteiger charge is 2.13. The van der Waals surface area contributed by atoms with Gasteiger partial charge in [-0.1, -0.05) is 40.6 Å². The number of rotatable bonds is 5. The van der Waals surface area contributed by atoms with Gasteiger partial charge in [0, 0.05) is 11.8 Å². The Morgan fingerprint density at radius 3 is 2.72 bits per heavy atom. The first-order valence-electron chi connectivity index (χ1n) is 7.46. The number of aryl methyl sites for hydroxylation is 2. The van der Waals surface area contributed by atoms with Crippen molar-refractivity contribution in [2.24, 2.45) is 0 Å². The third kappa shape index (κ3) is 4.58. The van der Waals surface area contributed by atoms with E-state index in [-0.39, 0.29) is 16.8 Å². The van der Waals surface area contributed by atoms with Gasteiger partial charge in [0.1, 0.15) is 0 Å². The molecule has 0 bridgehead atoms. The molecule has 0 unspecified atom stereocenters. The van der Waals surface area contributed by atoms with Crippen LogP contribution >= 0.6 is 23.4 Å². The topological polar surface area (TPSA) is 80.9 Å². The summed E-state index contributed by atoms with van der Waals surface area (Å²) in [6.07, 6.45) is 1.56. The number of halogens is 1. The van der Waals surface area contributed by atoms with Gasteiger partial charge in [-0.2, -0.15) is 0 Å². The first-order chi connectivity index (χ1) is 12.0. The SMILES string of the molecule is Cc1cc(C)cc(-c2nnc(SCC(=O)Nc3cccnc3Cl)o2)c1. The summed E-state index contributed by atoms with van der Waals surface area (Å²) in [5, 5.41) is 11.3. The number of anilines is 1. The van der Waals surface area contributed by atoms with E-state index in [0.29, 0.717) is 16.8 Å². The molecule has 3 aromatic rings. The van der Waals surface area contributed by atoms with Crippen LogP contribution in [0.4, 0.5) is 5.69 Å². The Labute approximate surface area is 154 Å². The minimum Gasteiger partial charge on any atom is -0.411 e. The van der Waals surface area contributed by atoms with Crippen LogP contribution in [0.5, 0.6) is 0 Å². The highest BCUT2D eigenvalue weighted by molar-refractivity contribution is 7.99. The molecule has 25 heavy (non-hydrogen) atoms. The van der Waals surface area contributed by atoms with Crippen molar-refractivity contribution in [3.63, 3.8) is 0 Å². The van der Waals surface area contributed by atoms with Crippen LogP contribution in [0.25, 0.3) is 11.5 Å². The predicted molar refractivity (Wildman–Crippen MR) is 97.8 cm³/mol. The average Bonchev–Trinajstić information content (AvgIpc) is 3.03. The van der Waals surface area contributed by atoms with E-state index in [9.17, 15) is 4.79 Å². The number of carbonyl (C=O) groups excluding carboxylic acids is 1. The Morgan fingerprint density at radius 1 is 1.24 bits per heavy atom. The fourth-order valence-electron chi connectivity index (χ4n) is 2.28. The molecular weight excluding hydrogens is 360 g/mol. The van der Waals surface area contributed by atoms with Crippen molar-refractivity contribution in [2.75, 3.05) is 11.1 Å². The van der Waals surface area contributed by atoms with Crippen LogP contribution in [0.2, 0.25) is 5.15 Å². The van der Waals surface area contributed by atoms with E-state index >= 15 is 0 Å². The van der Waals surface area contributed by atoms with Crippen LogP contribution in [0, 0.1) is 13.8 Å². The summed E-state index contributed by atoms with van der Waals surface area (Å²) in [7, 11) is 0. The summed E-state index contributed by atoms with van der Waals surface area (Å²) in [6.45, 7) is 4.02. The molecule has 128 valence electrons. The zero-order chi connectivity index (χ0) is 17.8. The van der Waals surface area contributed by atoms with Crippen molar-refractivity contribution >= 4 is 35.0 Å². The van der Waals surface area contributed by atoms with E-state index in [0.717, 1.165) is 28.5 Å². The maximum absolute atomic E-state index is 12.0. The van der Waals surface area contributed by atoms with Gasteiger partial charge in [-0.15, -0.1) is 10.2 Å². The highest BCUT2D eigenvalue weighted by Crippen LogP contribution is 2.25. The molecule has 0 fully saturated rings. The van der Waals surface area contributed by atoms with Crippen LogP contribution in [0.3, 0.4) is 0 Å². The number of amides is 1. The second-order valence-corrected chi connectivity index (χ2v) is 6.71. The lowest BCUT2D eigenvalue weighted by atomic mass is 10.1. The monoisotopic (exact) mass is 374 g/mol. The Hall–Kier alpha value is -2.38. The highest BCUT2D eigenvalue weighted by atomic mass is 35.5. The summed E-state index contributed by atoms with van der Waals surface area (Å²) in [6, 6.07) is 9.41. The molecular formula is C17H15ClN4O2S. The number of carbonyl (C=O) groups is 1. The van der Waals surface area contributed by atoms with Crippen molar-refractivity contribution < 1.29 is 9.21 Å². The molecule has 0 aliphatic carbocycles. The van der Waals surface area contributed by atoms with Gasteiger partial charge >= 0.3 is 0 Å². The number of nitrogens with zero attached hydrogens (tertiary/aromatic N) is 3. The number of thioether (sulfide) groups is 1. The number of pyridine rings is 1. The van der Waals surface area contributed by atoms with Crippen LogP contribution < -0.4 is 5.32 Å². The Bertz CT molecular complexity index is 893. The maximum atomic E-state index is 12.0. The molecule has 1 amide bonds. The van der Waals surface area contributed by atoms with Crippen LogP contribution in [-0.2, 0) is 4.79 Å². The van der Waals surface area contributed by atoms with E-state index in [2.05, 4.69) is 26.6 Å². The lowest BCUT2D eigenvalue weighted by Crippen LogP contribution is -2.14. The van der Waals surface area contributed by atoms with Crippen molar-refractivity contribution in [2.45, 2.75) is 19.1 Å². The molecule has 0 saturated carbocycles. The molecule has 1 aromatic carbocycles.